The minimum atomic E-state index is -0.730. The Hall–Kier alpha value is -1.13. The summed E-state index contributed by atoms with van der Waals surface area (Å²) in [5.74, 6) is 0.233. The lowest BCUT2D eigenvalue weighted by molar-refractivity contribution is 0.215. The number of rotatable bonds is 2. The van der Waals surface area contributed by atoms with Gasteiger partial charge in [-0.3, -0.25) is 5.32 Å². The maximum atomic E-state index is 11.9. The highest BCUT2D eigenvalue weighted by Gasteiger charge is 2.14. The number of hydrogen-bond donors (Lipinski definition) is 1. The Morgan fingerprint density at radius 2 is 1.81 bits per heavy atom. The van der Waals surface area contributed by atoms with E-state index in [1.54, 1.807) is 31.2 Å². The molecule has 110 valence electrons. The van der Waals surface area contributed by atoms with Crippen LogP contribution in [0.2, 0.25) is 20.1 Å². The molecule has 0 atom stereocenters. The molecule has 0 fully saturated rings. The molecular weight excluding hydrogens is 356 g/mol. The number of carbonyl (C=O) groups excluding carboxylic acids is 1. The highest BCUT2D eigenvalue weighted by Crippen LogP contribution is 2.33. The molecule has 0 spiro atoms. The molecule has 3 nitrogen and oxygen atoms in total. The summed E-state index contributed by atoms with van der Waals surface area (Å²) in [6, 6.07) is 8.00. The van der Waals surface area contributed by atoms with Crippen LogP contribution in [0.4, 0.5) is 10.5 Å². The Morgan fingerprint density at radius 1 is 1.10 bits per heavy atom. The summed E-state index contributed by atoms with van der Waals surface area (Å²) >= 11 is 23.7. The van der Waals surface area contributed by atoms with Crippen LogP contribution >= 0.6 is 46.4 Å². The normalized spacial score (nSPS) is 10.3. The van der Waals surface area contributed by atoms with Gasteiger partial charge in [-0.15, -0.1) is 0 Å². The van der Waals surface area contributed by atoms with Crippen LogP contribution in [0.25, 0.3) is 0 Å². The fourth-order valence-corrected chi connectivity index (χ4v) is 2.63. The standard InChI is InChI=1S/C14H9Cl4NO2/c1-7-5-8(15)6-10(17)13(7)21-14(20)19-11-4-2-3-9(16)12(11)18/h2-6H,1H3,(H,19,20). The van der Waals surface area contributed by atoms with E-state index in [0.717, 1.165) is 0 Å². The zero-order valence-corrected chi connectivity index (χ0v) is 13.7. The van der Waals surface area contributed by atoms with E-state index in [2.05, 4.69) is 5.32 Å². The van der Waals surface area contributed by atoms with Crippen molar-refractivity contribution in [2.75, 3.05) is 5.32 Å². The van der Waals surface area contributed by atoms with Gasteiger partial charge in [0.15, 0.2) is 5.75 Å². The van der Waals surface area contributed by atoms with Crippen LogP contribution in [-0.4, -0.2) is 6.09 Å². The molecule has 0 unspecified atom stereocenters. The first-order chi connectivity index (χ1) is 9.88. The van der Waals surface area contributed by atoms with Crippen LogP contribution in [0.3, 0.4) is 0 Å². The van der Waals surface area contributed by atoms with Crippen LogP contribution in [0, 0.1) is 6.92 Å². The lowest BCUT2D eigenvalue weighted by Crippen LogP contribution is -2.17. The Labute approximate surface area is 141 Å². The minimum Gasteiger partial charge on any atom is -0.408 e. The maximum absolute atomic E-state index is 11.9. The van der Waals surface area contributed by atoms with Gasteiger partial charge >= 0.3 is 6.09 Å². The molecule has 0 aliphatic rings. The van der Waals surface area contributed by atoms with Gasteiger partial charge in [0, 0.05) is 5.02 Å². The fraction of sp³-hybridized carbons (Fsp3) is 0.0714. The van der Waals surface area contributed by atoms with Crippen molar-refractivity contribution in [3.05, 3.63) is 56.0 Å². The number of carbonyl (C=O) groups is 1. The largest absolute Gasteiger partial charge is 0.417 e. The van der Waals surface area contributed by atoms with Crippen molar-refractivity contribution in [2.45, 2.75) is 6.92 Å². The lowest BCUT2D eigenvalue weighted by Gasteiger charge is -2.12. The Kier molecular flexibility index (Phi) is 5.22. The number of anilines is 1. The van der Waals surface area contributed by atoms with E-state index in [-0.39, 0.29) is 15.8 Å². The van der Waals surface area contributed by atoms with Gasteiger partial charge in [-0.2, -0.15) is 0 Å². The van der Waals surface area contributed by atoms with Gasteiger partial charge in [0.1, 0.15) is 0 Å². The molecule has 0 aliphatic carbocycles. The zero-order valence-electron chi connectivity index (χ0n) is 10.7. The van der Waals surface area contributed by atoms with Crippen molar-refractivity contribution < 1.29 is 9.53 Å². The second-order valence-corrected chi connectivity index (χ2v) is 5.78. The molecule has 0 heterocycles. The smallest absolute Gasteiger partial charge is 0.408 e. The lowest BCUT2D eigenvalue weighted by atomic mass is 10.2. The van der Waals surface area contributed by atoms with E-state index < -0.39 is 6.09 Å². The zero-order chi connectivity index (χ0) is 15.6. The van der Waals surface area contributed by atoms with E-state index in [9.17, 15) is 4.79 Å². The SMILES string of the molecule is Cc1cc(Cl)cc(Cl)c1OC(=O)Nc1cccc(Cl)c1Cl. The molecule has 0 saturated heterocycles. The van der Waals surface area contributed by atoms with Crippen molar-refractivity contribution in [1.29, 1.82) is 0 Å². The summed E-state index contributed by atoms with van der Waals surface area (Å²) in [5.41, 5.74) is 0.983. The summed E-state index contributed by atoms with van der Waals surface area (Å²) in [7, 11) is 0. The summed E-state index contributed by atoms with van der Waals surface area (Å²) in [6.45, 7) is 1.73. The number of ether oxygens (including phenoxy) is 1. The average molecular weight is 365 g/mol. The first kappa shape index (κ1) is 16.2. The Bertz CT molecular complexity index is 680. The molecule has 0 bridgehead atoms. The van der Waals surface area contributed by atoms with Crippen molar-refractivity contribution in [2.24, 2.45) is 0 Å². The summed E-state index contributed by atoms with van der Waals surface area (Å²) in [6.07, 6.45) is -0.730. The van der Waals surface area contributed by atoms with Crippen LogP contribution in [0.5, 0.6) is 5.75 Å². The van der Waals surface area contributed by atoms with Crippen LogP contribution in [-0.2, 0) is 0 Å². The first-order valence-electron chi connectivity index (χ1n) is 5.77. The molecule has 2 aromatic carbocycles. The van der Waals surface area contributed by atoms with Gasteiger partial charge in [-0.25, -0.2) is 4.79 Å². The molecular formula is C14H9Cl4NO2. The molecule has 1 amide bonds. The number of nitrogens with one attached hydrogen (secondary N) is 1. The molecule has 2 aromatic rings. The van der Waals surface area contributed by atoms with Crippen LogP contribution in [0.1, 0.15) is 5.56 Å². The molecule has 7 heteroatoms. The second kappa shape index (κ2) is 6.75. The third-order valence-electron chi connectivity index (χ3n) is 2.58. The van der Waals surface area contributed by atoms with E-state index >= 15 is 0 Å². The molecule has 0 aliphatic heterocycles. The van der Waals surface area contributed by atoms with Crippen molar-refractivity contribution in [1.82, 2.24) is 0 Å². The number of hydrogen-bond acceptors (Lipinski definition) is 2. The highest BCUT2D eigenvalue weighted by atomic mass is 35.5. The van der Waals surface area contributed by atoms with Crippen molar-refractivity contribution in [3.63, 3.8) is 0 Å². The molecule has 21 heavy (non-hydrogen) atoms. The summed E-state index contributed by atoms with van der Waals surface area (Å²) < 4.78 is 5.19. The third-order valence-corrected chi connectivity index (χ3v) is 3.90. The van der Waals surface area contributed by atoms with Gasteiger partial charge in [-0.05, 0) is 36.8 Å². The van der Waals surface area contributed by atoms with Gasteiger partial charge in [-0.1, -0.05) is 52.5 Å². The van der Waals surface area contributed by atoms with Gasteiger partial charge in [0.2, 0.25) is 0 Å². The minimum absolute atomic E-state index is 0.232. The summed E-state index contributed by atoms with van der Waals surface area (Å²) in [4.78, 5) is 11.9. The second-order valence-electron chi connectivity index (χ2n) is 4.15. The van der Waals surface area contributed by atoms with Gasteiger partial charge < -0.3 is 4.74 Å². The van der Waals surface area contributed by atoms with Crippen molar-refractivity contribution in [3.8, 4) is 5.75 Å². The van der Waals surface area contributed by atoms with E-state index in [1.165, 1.54) is 6.07 Å². The molecule has 0 saturated carbocycles. The number of aryl methyl sites for hydroxylation is 1. The molecule has 0 radical (unpaired) electrons. The van der Waals surface area contributed by atoms with E-state index in [1.807, 2.05) is 0 Å². The number of halogens is 4. The van der Waals surface area contributed by atoms with Gasteiger partial charge in [0.05, 0.1) is 20.8 Å². The number of amides is 1. The maximum Gasteiger partial charge on any atom is 0.417 e. The monoisotopic (exact) mass is 363 g/mol. The highest BCUT2D eigenvalue weighted by molar-refractivity contribution is 6.44. The predicted molar refractivity (Wildman–Crippen MR) is 87.3 cm³/mol. The van der Waals surface area contributed by atoms with Gasteiger partial charge in [0.25, 0.3) is 0 Å². The van der Waals surface area contributed by atoms with Crippen LogP contribution in [0.15, 0.2) is 30.3 Å². The summed E-state index contributed by atoms with van der Waals surface area (Å²) in [5, 5.41) is 3.76. The topological polar surface area (TPSA) is 38.3 Å². The quantitative estimate of drug-likeness (QED) is 0.686. The Balaban J connectivity index is 2.18. The van der Waals surface area contributed by atoms with Crippen LogP contribution < -0.4 is 10.1 Å². The molecule has 1 N–H and O–H groups in total. The number of benzene rings is 2. The molecule has 0 aromatic heterocycles. The Morgan fingerprint density at radius 3 is 2.48 bits per heavy atom. The van der Waals surface area contributed by atoms with E-state index in [4.69, 9.17) is 51.1 Å². The first-order valence-corrected chi connectivity index (χ1v) is 7.28. The van der Waals surface area contributed by atoms with E-state index in [0.29, 0.717) is 21.3 Å². The third kappa shape index (κ3) is 3.95. The fourth-order valence-electron chi connectivity index (χ4n) is 1.65. The molecule has 2 rings (SSSR count). The van der Waals surface area contributed by atoms with Crippen molar-refractivity contribution >= 4 is 58.2 Å². The average Bonchev–Trinajstić information content (AvgIpc) is 2.39. The predicted octanol–water partition coefficient (Wildman–Crippen LogP) is 6.22.